The van der Waals surface area contributed by atoms with Gasteiger partial charge in [0.2, 0.25) is 5.91 Å². The lowest BCUT2D eigenvalue weighted by molar-refractivity contribution is -0.113. The van der Waals surface area contributed by atoms with E-state index in [1.807, 2.05) is 59.9 Å². The number of benzene rings is 2. The highest BCUT2D eigenvalue weighted by Gasteiger charge is 2.15. The molecule has 0 aliphatic heterocycles. The van der Waals surface area contributed by atoms with Crippen LogP contribution in [0.15, 0.2) is 58.0 Å². The van der Waals surface area contributed by atoms with Crippen molar-refractivity contribution < 1.29 is 4.79 Å². The van der Waals surface area contributed by atoms with Crippen molar-refractivity contribution in [3.8, 4) is 0 Å². The van der Waals surface area contributed by atoms with Crippen LogP contribution in [-0.4, -0.2) is 31.2 Å². The van der Waals surface area contributed by atoms with Crippen LogP contribution in [0.1, 0.15) is 12.7 Å². The third-order valence-electron chi connectivity index (χ3n) is 4.05. The quantitative estimate of drug-likeness (QED) is 0.466. The number of amides is 1. The largest absolute Gasteiger partial charge is 0.325 e. The molecule has 0 saturated carbocycles. The fourth-order valence-corrected chi connectivity index (χ4v) is 3.83. The molecule has 0 radical (unpaired) electrons. The first-order valence-electron chi connectivity index (χ1n) is 8.46. The fraction of sp³-hybridized carbons (Fsp3) is 0.158. The molecule has 0 aliphatic rings. The van der Waals surface area contributed by atoms with Crippen molar-refractivity contribution in [3.05, 3.63) is 58.8 Å². The summed E-state index contributed by atoms with van der Waals surface area (Å²) < 4.78 is 2.99. The van der Waals surface area contributed by atoms with Crippen molar-refractivity contribution in [2.75, 3.05) is 11.1 Å². The molecule has 2 heterocycles. The van der Waals surface area contributed by atoms with Gasteiger partial charge in [-0.25, -0.2) is 4.98 Å². The molecule has 0 aliphatic carbocycles. The molecule has 0 atom stereocenters. The first-order chi connectivity index (χ1) is 13.2. The number of rotatable bonds is 5. The molecule has 2 aromatic heterocycles. The van der Waals surface area contributed by atoms with Gasteiger partial charge in [-0.2, -0.15) is 0 Å². The summed E-state index contributed by atoms with van der Waals surface area (Å²) in [4.78, 5) is 17.0. The van der Waals surface area contributed by atoms with Gasteiger partial charge in [-0.15, -0.1) is 10.2 Å². The third kappa shape index (κ3) is 3.68. The van der Waals surface area contributed by atoms with Crippen molar-refractivity contribution in [1.82, 2.24) is 19.6 Å². The Morgan fingerprint density at radius 3 is 2.70 bits per heavy atom. The number of para-hydroxylation sites is 2. The number of thioether (sulfide) groups is 1. The standard InChI is InChI=1S/C19H16BrN5OS/c1-2-16-23-24-18-19(22-14-5-3-4-6-15(14)25(16)18)27-11-17(26)21-13-9-7-12(20)8-10-13/h3-10H,2,11H2,1H3,(H,21,26). The van der Waals surface area contributed by atoms with E-state index in [4.69, 9.17) is 4.98 Å². The van der Waals surface area contributed by atoms with Crippen molar-refractivity contribution in [1.29, 1.82) is 0 Å². The second kappa shape index (κ2) is 7.66. The van der Waals surface area contributed by atoms with Crippen molar-refractivity contribution in [2.24, 2.45) is 0 Å². The fourth-order valence-electron chi connectivity index (χ4n) is 2.81. The van der Waals surface area contributed by atoms with Gasteiger partial charge >= 0.3 is 0 Å². The van der Waals surface area contributed by atoms with Gasteiger partial charge in [0.15, 0.2) is 5.65 Å². The molecule has 0 bridgehead atoms. The summed E-state index contributed by atoms with van der Waals surface area (Å²) >= 11 is 4.75. The molecule has 136 valence electrons. The first-order valence-corrected chi connectivity index (χ1v) is 10.2. The van der Waals surface area contributed by atoms with Gasteiger partial charge in [-0.3, -0.25) is 9.20 Å². The zero-order chi connectivity index (χ0) is 18.8. The monoisotopic (exact) mass is 441 g/mol. The molecule has 0 fully saturated rings. The SMILES string of the molecule is CCc1nnc2c(SCC(=O)Nc3ccc(Br)cc3)nc3ccccc3n12. The summed E-state index contributed by atoms with van der Waals surface area (Å²) in [5.74, 6) is 1.03. The lowest BCUT2D eigenvalue weighted by Crippen LogP contribution is -2.14. The van der Waals surface area contributed by atoms with Gasteiger partial charge in [-0.1, -0.05) is 46.7 Å². The second-order valence-corrected chi connectivity index (χ2v) is 7.76. The number of hydrogen-bond acceptors (Lipinski definition) is 5. The molecule has 27 heavy (non-hydrogen) atoms. The number of aryl methyl sites for hydroxylation is 1. The number of carbonyl (C=O) groups is 1. The summed E-state index contributed by atoms with van der Waals surface area (Å²) in [6, 6.07) is 15.4. The lowest BCUT2D eigenvalue weighted by atomic mass is 10.3. The molecule has 4 rings (SSSR count). The van der Waals surface area contributed by atoms with Crippen molar-refractivity contribution >= 4 is 56.0 Å². The second-order valence-electron chi connectivity index (χ2n) is 5.88. The van der Waals surface area contributed by atoms with E-state index in [2.05, 4.69) is 31.4 Å². The number of carbonyl (C=O) groups excluding carboxylic acids is 1. The van der Waals surface area contributed by atoms with E-state index in [9.17, 15) is 4.79 Å². The van der Waals surface area contributed by atoms with E-state index >= 15 is 0 Å². The molecule has 1 N–H and O–H groups in total. The number of hydrogen-bond donors (Lipinski definition) is 1. The van der Waals surface area contributed by atoms with Gasteiger partial charge in [0.05, 0.1) is 16.8 Å². The number of nitrogens with zero attached hydrogens (tertiary/aromatic N) is 4. The maximum Gasteiger partial charge on any atom is 0.234 e. The van der Waals surface area contributed by atoms with E-state index in [0.29, 0.717) is 10.7 Å². The Morgan fingerprint density at radius 1 is 1.15 bits per heavy atom. The zero-order valence-electron chi connectivity index (χ0n) is 14.5. The van der Waals surface area contributed by atoms with E-state index in [1.165, 1.54) is 11.8 Å². The molecule has 1 amide bonds. The van der Waals surface area contributed by atoms with Crippen LogP contribution in [0.4, 0.5) is 5.69 Å². The summed E-state index contributed by atoms with van der Waals surface area (Å²) in [6.07, 6.45) is 0.767. The van der Waals surface area contributed by atoms with Gasteiger partial charge in [0, 0.05) is 16.6 Å². The Hall–Kier alpha value is -2.45. The maximum absolute atomic E-state index is 12.3. The van der Waals surface area contributed by atoms with Crippen LogP contribution < -0.4 is 5.32 Å². The van der Waals surface area contributed by atoms with Crippen LogP contribution in [0.5, 0.6) is 0 Å². The van der Waals surface area contributed by atoms with Crippen LogP contribution in [0, 0.1) is 0 Å². The molecule has 6 nitrogen and oxygen atoms in total. The Balaban J connectivity index is 1.60. The minimum absolute atomic E-state index is 0.0920. The molecule has 4 aromatic rings. The predicted molar refractivity (Wildman–Crippen MR) is 111 cm³/mol. The smallest absolute Gasteiger partial charge is 0.234 e. The number of nitrogens with one attached hydrogen (secondary N) is 1. The third-order valence-corrected chi connectivity index (χ3v) is 5.53. The molecule has 8 heteroatoms. The van der Waals surface area contributed by atoms with Crippen LogP contribution in [0.3, 0.4) is 0 Å². The minimum atomic E-state index is -0.0920. The number of anilines is 1. The highest BCUT2D eigenvalue weighted by molar-refractivity contribution is 9.10. The molecule has 0 spiro atoms. The zero-order valence-corrected chi connectivity index (χ0v) is 16.9. The topological polar surface area (TPSA) is 72.2 Å². The average Bonchev–Trinajstić information content (AvgIpc) is 3.12. The Bertz CT molecular complexity index is 1130. The normalized spacial score (nSPS) is 11.2. The van der Waals surface area contributed by atoms with Crippen LogP contribution >= 0.6 is 27.7 Å². The minimum Gasteiger partial charge on any atom is -0.325 e. The highest BCUT2D eigenvalue weighted by atomic mass is 79.9. The summed E-state index contributed by atoms with van der Waals surface area (Å²) in [7, 11) is 0. The summed E-state index contributed by atoms with van der Waals surface area (Å²) in [5.41, 5.74) is 3.27. The van der Waals surface area contributed by atoms with E-state index in [0.717, 1.165) is 33.4 Å². The summed E-state index contributed by atoms with van der Waals surface area (Å²) in [6.45, 7) is 2.05. The number of halogens is 1. The van der Waals surface area contributed by atoms with Crippen LogP contribution in [-0.2, 0) is 11.2 Å². The van der Waals surface area contributed by atoms with Gasteiger partial charge in [0.1, 0.15) is 10.9 Å². The molecular formula is C19H16BrN5OS. The Labute approximate surface area is 168 Å². The van der Waals surface area contributed by atoms with Crippen LogP contribution in [0.2, 0.25) is 0 Å². The lowest BCUT2D eigenvalue weighted by Gasteiger charge is -2.08. The first kappa shape index (κ1) is 17.9. The molecule has 2 aromatic carbocycles. The van der Waals surface area contributed by atoms with E-state index in [1.54, 1.807) is 0 Å². The molecule has 0 unspecified atom stereocenters. The van der Waals surface area contributed by atoms with E-state index < -0.39 is 0 Å². The van der Waals surface area contributed by atoms with Gasteiger partial charge < -0.3 is 5.32 Å². The Morgan fingerprint density at radius 2 is 1.93 bits per heavy atom. The Kier molecular flexibility index (Phi) is 5.09. The summed E-state index contributed by atoms with van der Waals surface area (Å²) in [5, 5.41) is 12.2. The highest BCUT2D eigenvalue weighted by Crippen LogP contribution is 2.26. The average molecular weight is 442 g/mol. The molecule has 0 saturated heterocycles. The van der Waals surface area contributed by atoms with Crippen molar-refractivity contribution in [2.45, 2.75) is 18.4 Å². The predicted octanol–water partition coefficient (Wildman–Crippen LogP) is 4.33. The van der Waals surface area contributed by atoms with E-state index in [-0.39, 0.29) is 11.7 Å². The van der Waals surface area contributed by atoms with Gasteiger partial charge in [-0.05, 0) is 36.4 Å². The number of aromatic nitrogens is 4. The van der Waals surface area contributed by atoms with Gasteiger partial charge in [0.25, 0.3) is 0 Å². The van der Waals surface area contributed by atoms with Crippen molar-refractivity contribution in [3.63, 3.8) is 0 Å². The maximum atomic E-state index is 12.3. The number of fused-ring (bicyclic) bond motifs is 3. The molecular weight excluding hydrogens is 426 g/mol. The van der Waals surface area contributed by atoms with Crippen LogP contribution in [0.25, 0.3) is 16.7 Å².